The Bertz CT molecular complexity index is 1030. The minimum absolute atomic E-state index is 0.0198. The van der Waals surface area contributed by atoms with E-state index in [-0.39, 0.29) is 17.9 Å². The van der Waals surface area contributed by atoms with Crippen molar-refractivity contribution in [3.63, 3.8) is 0 Å². The van der Waals surface area contributed by atoms with Crippen molar-refractivity contribution in [3.8, 4) is 11.3 Å². The second-order valence-electron chi connectivity index (χ2n) is 9.42. The van der Waals surface area contributed by atoms with Crippen molar-refractivity contribution >= 4 is 5.91 Å². The fraction of sp³-hybridized carbons (Fsp3) is 0.393. The summed E-state index contributed by atoms with van der Waals surface area (Å²) < 4.78 is 0. The lowest BCUT2D eigenvalue weighted by Crippen LogP contribution is -2.45. The fourth-order valence-corrected chi connectivity index (χ4v) is 5.01. The molecule has 0 radical (unpaired) electrons. The summed E-state index contributed by atoms with van der Waals surface area (Å²) in [6.45, 7) is 2.97. The van der Waals surface area contributed by atoms with Gasteiger partial charge in [0, 0.05) is 37.0 Å². The molecule has 0 bridgehead atoms. The number of nitrogens with zero attached hydrogens (tertiary/aromatic N) is 3. The van der Waals surface area contributed by atoms with Gasteiger partial charge in [-0.05, 0) is 68.0 Å². The van der Waals surface area contributed by atoms with Gasteiger partial charge in [0.05, 0.1) is 17.4 Å². The maximum Gasteiger partial charge on any atom is 0.223 e. The van der Waals surface area contributed by atoms with Crippen molar-refractivity contribution in [2.45, 2.75) is 44.7 Å². The number of rotatable bonds is 7. The Kier molecular flexibility index (Phi) is 6.77. The molecule has 1 aliphatic carbocycles. The summed E-state index contributed by atoms with van der Waals surface area (Å²) >= 11 is 0. The van der Waals surface area contributed by atoms with Gasteiger partial charge >= 0.3 is 0 Å². The summed E-state index contributed by atoms with van der Waals surface area (Å²) in [5.41, 5.74) is 4.44. The highest BCUT2D eigenvalue weighted by atomic mass is 16.2. The third kappa shape index (κ3) is 5.31. The number of nitrogens with one attached hydrogen (secondary N) is 1. The van der Waals surface area contributed by atoms with Crippen molar-refractivity contribution in [2.75, 3.05) is 13.1 Å². The van der Waals surface area contributed by atoms with Gasteiger partial charge in [-0.25, -0.2) is 0 Å². The predicted octanol–water partition coefficient (Wildman–Crippen LogP) is 5.01. The largest absolute Gasteiger partial charge is 0.347 e. The van der Waals surface area contributed by atoms with Crippen molar-refractivity contribution in [2.24, 2.45) is 11.8 Å². The maximum atomic E-state index is 12.8. The Balaban J connectivity index is 1.26. The maximum absolute atomic E-state index is 12.8. The van der Waals surface area contributed by atoms with Crippen LogP contribution in [0, 0.1) is 11.8 Å². The molecule has 3 heterocycles. The van der Waals surface area contributed by atoms with Crippen molar-refractivity contribution < 1.29 is 4.79 Å². The highest BCUT2D eigenvalue weighted by Crippen LogP contribution is 2.32. The first-order valence-corrected chi connectivity index (χ1v) is 12.2. The number of carbonyl (C=O) groups excluding carboxylic acids is 1. The van der Waals surface area contributed by atoms with Crippen LogP contribution in [-0.2, 0) is 11.3 Å². The topological polar surface area (TPSA) is 58.1 Å². The van der Waals surface area contributed by atoms with Gasteiger partial charge in [0.2, 0.25) is 5.91 Å². The van der Waals surface area contributed by atoms with Crippen molar-refractivity contribution in [1.82, 2.24) is 20.2 Å². The number of amides is 1. The van der Waals surface area contributed by atoms with Crippen LogP contribution in [0.2, 0.25) is 0 Å². The molecular weight excluding hydrogens is 408 g/mol. The van der Waals surface area contributed by atoms with Crippen LogP contribution in [0.5, 0.6) is 0 Å². The molecule has 5 nitrogen and oxygen atoms in total. The van der Waals surface area contributed by atoms with Crippen LogP contribution in [0.15, 0.2) is 73.1 Å². The molecule has 170 valence electrons. The molecule has 1 N–H and O–H groups in total. The molecule has 0 unspecified atom stereocenters. The van der Waals surface area contributed by atoms with E-state index in [0.717, 1.165) is 62.3 Å². The first-order chi connectivity index (χ1) is 16.3. The summed E-state index contributed by atoms with van der Waals surface area (Å²) in [5, 5.41) is 3.38. The zero-order valence-electron chi connectivity index (χ0n) is 19.1. The van der Waals surface area contributed by atoms with E-state index in [4.69, 9.17) is 0 Å². The van der Waals surface area contributed by atoms with E-state index < -0.39 is 0 Å². The minimum atomic E-state index is -0.0198. The molecule has 1 aromatic carbocycles. The molecule has 1 saturated heterocycles. The van der Waals surface area contributed by atoms with Gasteiger partial charge in [-0.3, -0.25) is 19.7 Å². The van der Waals surface area contributed by atoms with Crippen LogP contribution in [-0.4, -0.2) is 33.9 Å². The average Bonchev–Trinajstić information content (AvgIpc) is 2.83. The molecule has 5 heteroatoms. The van der Waals surface area contributed by atoms with Crippen LogP contribution in [0.25, 0.3) is 11.3 Å². The van der Waals surface area contributed by atoms with Crippen molar-refractivity contribution in [1.29, 1.82) is 0 Å². The molecule has 5 rings (SSSR count). The van der Waals surface area contributed by atoms with Crippen LogP contribution in [0.4, 0.5) is 0 Å². The molecule has 1 amide bonds. The zero-order valence-corrected chi connectivity index (χ0v) is 19.1. The fourth-order valence-electron chi connectivity index (χ4n) is 5.01. The number of piperidine rings is 1. The number of benzene rings is 1. The average molecular weight is 441 g/mol. The third-order valence-electron chi connectivity index (χ3n) is 7.11. The van der Waals surface area contributed by atoms with E-state index in [0.29, 0.717) is 5.92 Å². The lowest BCUT2D eigenvalue weighted by molar-refractivity contribution is -0.128. The first-order valence-electron chi connectivity index (χ1n) is 12.2. The standard InChI is InChI=1S/C28H32N4O/c33-28(23-7-5-8-23)31-27(26-11-2-4-17-30-26)24-9-6-18-32(20-24)19-21-12-14-22(15-13-21)25-10-1-3-16-29-25/h1-4,10-17,23-24,27H,5-9,18-20H2,(H,31,33)/t24-,27+/m0/s1. The van der Waals surface area contributed by atoms with Gasteiger partial charge in [-0.15, -0.1) is 0 Å². The predicted molar refractivity (Wildman–Crippen MR) is 130 cm³/mol. The summed E-state index contributed by atoms with van der Waals surface area (Å²) in [5.74, 6) is 0.762. The molecule has 2 atom stereocenters. The first kappa shape index (κ1) is 21.8. The van der Waals surface area contributed by atoms with E-state index >= 15 is 0 Å². The lowest BCUT2D eigenvalue weighted by Gasteiger charge is -2.38. The number of pyridine rings is 2. The van der Waals surface area contributed by atoms with Crippen LogP contribution in [0.1, 0.15) is 49.4 Å². The summed E-state index contributed by atoms with van der Waals surface area (Å²) in [7, 11) is 0. The normalized spacial score (nSPS) is 20.1. The Morgan fingerprint density at radius 3 is 2.39 bits per heavy atom. The van der Waals surface area contributed by atoms with Gasteiger partial charge in [0.25, 0.3) is 0 Å². The summed E-state index contributed by atoms with van der Waals surface area (Å²) in [6.07, 6.45) is 9.13. The molecule has 1 saturated carbocycles. The molecule has 33 heavy (non-hydrogen) atoms. The van der Waals surface area contributed by atoms with Gasteiger partial charge in [-0.2, -0.15) is 0 Å². The molecule has 2 fully saturated rings. The van der Waals surface area contributed by atoms with Gasteiger partial charge in [0.1, 0.15) is 0 Å². The third-order valence-corrected chi connectivity index (χ3v) is 7.11. The van der Waals surface area contributed by atoms with E-state index in [1.165, 1.54) is 12.0 Å². The number of aromatic nitrogens is 2. The number of hydrogen-bond acceptors (Lipinski definition) is 4. The number of hydrogen-bond donors (Lipinski definition) is 1. The SMILES string of the molecule is O=C(N[C@@H](c1ccccn1)[C@H]1CCCN(Cc2ccc(-c3ccccn3)cc2)C1)C1CCC1. The Labute approximate surface area is 196 Å². The van der Waals surface area contributed by atoms with Gasteiger partial charge in [-0.1, -0.05) is 42.8 Å². The minimum Gasteiger partial charge on any atom is -0.347 e. The second kappa shape index (κ2) is 10.3. The number of carbonyl (C=O) groups is 1. The van der Waals surface area contributed by atoms with E-state index in [1.807, 2.05) is 42.7 Å². The monoisotopic (exact) mass is 440 g/mol. The Hall–Kier alpha value is -3.05. The summed E-state index contributed by atoms with van der Waals surface area (Å²) in [4.78, 5) is 24.4. The molecule has 3 aromatic rings. The van der Waals surface area contributed by atoms with Gasteiger partial charge < -0.3 is 5.32 Å². The number of likely N-dealkylation sites (tertiary alicyclic amines) is 1. The highest BCUT2D eigenvalue weighted by Gasteiger charge is 2.33. The van der Waals surface area contributed by atoms with E-state index in [2.05, 4.69) is 50.5 Å². The van der Waals surface area contributed by atoms with Crippen molar-refractivity contribution in [3.05, 3.63) is 84.3 Å². The smallest absolute Gasteiger partial charge is 0.223 e. The highest BCUT2D eigenvalue weighted by molar-refractivity contribution is 5.79. The molecule has 1 aliphatic heterocycles. The second-order valence-corrected chi connectivity index (χ2v) is 9.42. The zero-order chi connectivity index (χ0) is 22.5. The molecule has 2 aliphatic rings. The van der Waals surface area contributed by atoms with Crippen LogP contribution < -0.4 is 5.32 Å². The van der Waals surface area contributed by atoms with E-state index in [9.17, 15) is 4.79 Å². The van der Waals surface area contributed by atoms with Crippen LogP contribution >= 0.6 is 0 Å². The Morgan fingerprint density at radius 2 is 1.73 bits per heavy atom. The van der Waals surface area contributed by atoms with Gasteiger partial charge in [0.15, 0.2) is 0 Å². The quantitative estimate of drug-likeness (QED) is 0.561. The Morgan fingerprint density at radius 1 is 0.939 bits per heavy atom. The van der Waals surface area contributed by atoms with E-state index in [1.54, 1.807) is 0 Å². The molecular formula is C28H32N4O. The molecule has 0 spiro atoms. The summed E-state index contributed by atoms with van der Waals surface area (Å²) in [6, 6.07) is 20.7. The van der Waals surface area contributed by atoms with Crippen LogP contribution in [0.3, 0.4) is 0 Å². The lowest BCUT2D eigenvalue weighted by atomic mass is 9.83. The molecule has 2 aromatic heterocycles.